The number of carbonyl (C=O) groups excluding carboxylic acids is 2. The molecular formula is C25H30N4O3. The van der Waals surface area contributed by atoms with Gasteiger partial charge in [0.1, 0.15) is 6.10 Å². The van der Waals surface area contributed by atoms with Crippen LogP contribution in [-0.2, 0) is 22.6 Å². The van der Waals surface area contributed by atoms with Crippen LogP contribution in [0.4, 0.5) is 10.5 Å². The number of nitrogens with zero attached hydrogens (tertiary/aromatic N) is 2. The Labute approximate surface area is 188 Å². The predicted octanol–water partition coefficient (Wildman–Crippen LogP) is 3.95. The van der Waals surface area contributed by atoms with Crippen LogP contribution in [0.25, 0.3) is 0 Å². The molecule has 1 saturated heterocycles. The Balaban J connectivity index is 1.10. The summed E-state index contributed by atoms with van der Waals surface area (Å²) in [4.78, 5) is 30.9. The van der Waals surface area contributed by atoms with E-state index in [-0.39, 0.29) is 24.1 Å². The standard InChI is InChI=1S/C25H30N4O3/c30-24(23-2-1-13-32-23)27-21-7-3-17(4-8-21)18-5-9-22(10-6-18)28-25(31)29-15-19-11-12-26-14-20(19)16-29/h5-6,9-12,14,17,21,23H,1-4,7-8,13,15-16H2,(H,27,30)(H,28,31)/t17?,21?,23-/m0/s1. The largest absolute Gasteiger partial charge is 0.368 e. The van der Waals surface area contributed by atoms with Crippen LogP contribution in [-0.4, -0.2) is 40.6 Å². The Kier molecular flexibility index (Phi) is 6.08. The van der Waals surface area contributed by atoms with Gasteiger partial charge in [-0.1, -0.05) is 12.1 Å². The fraction of sp³-hybridized carbons (Fsp3) is 0.480. The lowest BCUT2D eigenvalue weighted by Gasteiger charge is -2.30. The number of amides is 3. The summed E-state index contributed by atoms with van der Waals surface area (Å²) >= 11 is 0. The second-order valence-electron chi connectivity index (χ2n) is 9.11. The molecule has 1 aliphatic carbocycles. The molecular weight excluding hydrogens is 404 g/mol. The molecule has 2 aromatic rings. The number of benzene rings is 1. The smallest absolute Gasteiger partial charge is 0.322 e. The first-order chi connectivity index (χ1) is 15.7. The van der Waals surface area contributed by atoms with E-state index in [0.29, 0.717) is 25.6 Å². The van der Waals surface area contributed by atoms with Gasteiger partial charge in [0.05, 0.1) is 0 Å². The van der Waals surface area contributed by atoms with Gasteiger partial charge < -0.3 is 20.3 Å². The summed E-state index contributed by atoms with van der Waals surface area (Å²) in [5.41, 5.74) is 4.38. The molecule has 3 amide bonds. The van der Waals surface area contributed by atoms with E-state index in [4.69, 9.17) is 4.74 Å². The Hall–Kier alpha value is -2.93. The molecule has 168 valence electrons. The van der Waals surface area contributed by atoms with Crippen molar-refractivity contribution in [3.8, 4) is 0 Å². The van der Waals surface area contributed by atoms with E-state index in [1.165, 1.54) is 5.56 Å². The fourth-order valence-corrected chi connectivity index (χ4v) is 5.05. The van der Waals surface area contributed by atoms with Crippen LogP contribution >= 0.6 is 0 Å². The molecule has 3 aliphatic rings. The molecule has 0 radical (unpaired) electrons. The zero-order valence-electron chi connectivity index (χ0n) is 18.3. The normalized spacial score (nSPS) is 24.8. The van der Waals surface area contributed by atoms with Gasteiger partial charge in [0.25, 0.3) is 0 Å². The molecule has 1 aromatic carbocycles. The number of carbonyl (C=O) groups is 2. The van der Waals surface area contributed by atoms with Gasteiger partial charge in [-0.05, 0) is 79.3 Å². The van der Waals surface area contributed by atoms with Crippen molar-refractivity contribution in [1.29, 1.82) is 0 Å². The fourth-order valence-electron chi connectivity index (χ4n) is 5.05. The van der Waals surface area contributed by atoms with Crippen molar-refractivity contribution in [1.82, 2.24) is 15.2 Å². The SMILES string of the molecule is O=C(NC1CCC(c2ccc(NC(=O)N3Cc4ccncc4C3)cc2)CC1)[C@@H]1CCCO1. The molecule has 2 N–H and O–H groups in total. The monoisotopic (exact) mass is 434 g/mol. The number of fused-ring (bicyclic) bond motifs is 1. The van der Waals surface area contributed by atoms with Crippen molar-refractivity contribution < 1.29 is 14.3 Å². The van der Waals surface area contributed by atoms with Gasteiger partial charge in [0.15, 0.2) is 0 Å². The van der Waals surface area contributed by atoms with Crippen LogP contribution in [0.2, 0.25) is 0 Å². The van der Waals surface area contributed by atoms with Gasteiger partial charge in [-0.3, -0.25) is 9.78 Å². The number of urea groups is 1. The molecule has 0 bridgehead atoms. The molecule has 0 unspecified atom stereocenters. The van der Waals surface area contributed by atoms with Gasteiger partial charge in [-0.2, -0.15) is 0 Å². The second-order valence-corrected chi connectivity index (χ2v) is 9.11. The summed E-state index contributed by atoms with van der Waals surface area (Å²) in [7, 11) is 0. The molecule has 0 spiro atoms. The van der Waals surface area contributed by atoms with Gasteiger partial charge >= 0.3 is 6.03 Å². The summed E-state index contributed by atoms with van der Waals surface area (Å²) in [6.45, 7) is 1.92. The van der Waals surface area contributed by atoms with Gasteiger partial charge in [-0.25, -0.2) is 4.79 Å². The van der Waals surface area contributed by atoms with Crippen molar-refractivity contribution in [3.63, 3.8) is 0 Å². The average molecular weight is 435 g/mol. The molecule has 7 nitrogen and oxygen atoms in total. The topological polar surface area (TPSA) is 83.6 Å². The third-order valence-electron chi connectivity index (χ3n) is 6.94. The second kappa shape index (κ2) is 9.28. The van der Waals surface area contributed by atoms with E-state index < -0.39 is 0 Å². The van der Waals surface area contributed by atoms with E-state index in [1.54, 1.807) is 11.1 Å². The lowest BCUT2D eigenvalue weighted by Crippen LogP contribution is -2.42. The molecule has 1 saturated carbocycles. The Bertz CT molecular complexity index is 938. The quantitative estimate of drug-likeness (QED) is 0.763. The Morgan fingerprint density at radius 1 is 0.969 bits per heavy atom. The van der Waals surface area contributed by atoms with E-state index in [1.807, 2.05) is 24.4 Å². The minimum atomic E-state index is -0.248. The van der Waals surface area contributed by atoms with Gasteiger partial charge in [0, 0.05) is 43.8 Å². The first-order valence-electron chi connectivity index (χ1n) is 11.7. The highest BCUT2D eigenvalue weighted by Crippen LogP contribution is 2.33. The summed E-state index contributed by atoms with van der Waals surface area (Å²) in [5.74, 6) is 0.555. The molecule has 1 aromatic heterocycles. The van der Waals surface area contributed by atoms with Crippen LogP contribution in [0.5, 0.6) is 0 Å². The third-order valence-corrected chi connectivity index (χ3v) is 6.94. The van der Waals surface area contributed by atoms with Crippen LogP contribution in [0.1, 0.15) is 61.1 Å². The number of nitrogens with one attached hydrogen (secondary N) is 2. The molecule has 7 heteroatoms. The van der Waals surface area contributed by atoms with Crippen LogP contribution in [0.15, 0.2) is 42.7 Å². The van der Waals surface area contributed by atoms with Crippen LogP contribution < -0.4 is 10.6 Å². The molecule has 1 atom stereocenters. The van der Waals surface area contributed by atoms with Crippen LogP contribution in [0, 0.1) is 0 Å². The number of hydrogen-bond donors (Lipinski definition) is 2. The first-order valence-corrected chi connectivity index (χ1v) is 11.7. The number of pyridine rings is 1. The van der Waals surface area contributed by atoms with Gasteiger partial charge in [0.2, 0.25) is 5.91 Å². The van der Waals surface area contributed by atoms with Crippen LogP contribution in [0.3, 0.4) is 0 Å². The van der Waals surface area contributed by atoms with Crippen molar-refractivity contribution in [2.24, 2.45) is 0 Å². The lowest BCUT2D eigenvalue weighted by molar-refractivity contribution is -0.131. The third kappa shape index (κ3) is 4.63. The number of hydrogen-bond acceptors (Lipinski definition) is 4. The molecule has 5 rings (SSSR count). The van der Waals surface area contributed by atoms with Crippen molar-refractivity contribution in [3.05, 3.63) is 59.4 Å². The molecule has 2 aliphatic heterocycles. The van der Waals surface area contributed by atoms with E-state index in [0.717, 1.165) is 55.3 Å². The number of rotatable bonds is 4. The van der Waals surface area contributed by atoms with Crippen molar-refractivity contribution >= 4 is 17.6 Å². The average Bonchev–Trinajstić information content (AvgIpc) is 3.50. The molecule has 3 heterocycles. The molecule has 2 fully saturated rings. The van der Waals surface area contributed by atoms with Crippen molar-refractivity contribution in [2.75, 3.05) is 11.9 Å². The highest BCUT2D eigenvalue weighted by molar-refractivity contribution is 5.89. The zero-order valence-corrected chi connectivity index (χ0v) is 18.3. The number of ether oxygens (including phenoxy) is 1. The maximum Gasteiger partial charge on any atom is 0.322 e. The van der Waals surface area contributed by atoms with E-state index in [9.17, 15) is 9.59 Å². The summed E-state index contributed by atoms with van der Waals surface area (Å²) in [6.07, 6.45) is 9.27. The van der Waals surface area contributed by atoms with E-state index >= 15 is 0 Å². The first kappa shape index (κ1) is 20.9. The van der Waals surface area contributed by atoms with Crippen molar-refractivity contribution in [2.45, 2.75) is 69.7 Å². The number of anilines is 1. The minimum Gasteiger partial charge on any atom is -0.368 e. The lowest BCUT2D eigenvalue weighted by atomic mass is 9.81. The maximum absolute atomic E-state index is 12.6. The highest BCUT2D eigenvalue weighted by atomic mass is 16.5. The minimum absolute atomic E-state index is 0.0587. The van der Waals surface area contributed by atoms with Gasteiger partial charge in [-0.15, -0.1) is 0 Å². The zero-order chi connectivity index (χ0) is 21.9. The summed E-state index contributed by atoms with van der Waals surface area (Å²) in [6, 6.07) is 10.4. The maximum atomic E-state index is 12.6. The van der Waals surface area contributed by atoms with E-state index in [2.05, 4.69) is 27.8 Å². The Morgan fingerprint density at radius 2 is 1.75 bits per heavy atom. The summed E-state index contributed by atoms with van der Waals surface area (Å²) in [5, 5.41) is 6.19. The Morgan fingerprint density at radius 3 is 2.47 bits per heavy atom. The summed E-state index contributed by atoms with van der Waals surface area (Å²) < 4.78 is 5.49. The predicted molar refractivity (Wildman–Crippen MR) is 121 cm³/mol. The highest BCUT2D eigenvalue weighted by Gasteiger charge is 2.28. The molecule has 32 heavy (non-hydrogen) atoms. The number of aromatic nitrogens is 1.